The van der Waals surface area contributed by atoms with Crippen molar-refractivity contribution >= 4 is 27.6 Å². The maximum atomic E-state index is 12.7. The van der Waals surface area contributed by atoms with Gasteiger partial charge in [0.25, 0.3) is 0 Å². The number of nitrogens with one attached hydrogen (secondary N) is 2. The van der Waals surface area contributed by atoms with Crippen molar-refractivity contribution in [3.63, 3.8) is 0 Å². The molecule has 2 heterocycles. The molecular weight excluding hydrogens is 504 g/mol. The second kappa shape index (κ2) is 13.0. The molecule has 2 aliphatic heterocycles. The third-order valence-corrected chi connectivity index (χ3v) is 8.69. The molecule has 6 nitrogen and oxygen atoms in total. The van der Waals surface area contributed by atoms with Crippen LogP contribution in [-0.2, 0) is 11.3 Å². The first kappa shape index (κ1) is 27.8. The van der Waals surface area contributed by atoms with Gasteiger partial charge in [0.15, 0.2) is 0 Å². The zero-order chi connectivity index (χ0) is 27.2. The zero-order valence-corrected chi connectivity index (χ0v) is 24.3. The van der Waals surface area contributed by atoms with Gasteiger partial charge in [0, 0.05) is 42.7 Å². The minimum absolute atomic E-state index is 0.129. The number of allylic oxidation sites excluding steroid dienone is 1. The van der Waals surface area contributed by atoms with Gasteiger partial charge in [-0.3, -0.25) is 9.79 Å². The van der Waals surface area contributed by atoms with Crippen molar-refractivity contribution in [3.8, 4) is 5.75 Å². The lowest BCUT2D eigenvalue weighted by molar-refractivity contribution is -0.129. The second-order valence-electron chi connectivity index (χ2n) is 10.8. The molecule has 0 aromatic heterocycles. The number of thioether (sulfide) groups is 1. The third kappa shape index (κ3) is 6.69. The summed E-state index contributed by atoms with van der Waals surface area (Å²) in [6, 6.07) is 6.65. The van der Waals surface area contributed by atoms with Gasteiger partial charge in [0.05, 0.1) is 18.2 Å². The molecule has 0 radical (unpaired) electrons. The van der Waals surface area contributed by atoms with Gasteiger partial charge in [-0.05, 0) is 94.3 Å². The predicted octanol–water partition coefficient (Wildman–Crippen LogP) is 5.38. The molecule has 1 saturated heterocycles. The van der Waals surface area contributed by atoms with E-state index in [2.05, 4.69) is 66.3 Å². The summed E-state index contributed by atoms with van der Waals surface area (Å²) in [4.78, 5) is 20.9. The second-order valence-corrected chi connectivity index (χ2v) is 11.8. The number of hydrogen-bond donors (Lipinski definition) is 2. The highest BCUT2D eigenvalue weighted by Gasteiger charge is 2.29. The Hall–Kier alpha value is -2.79. The SMILES string of the molecule is CNCc1cc(C2=CCCN=C(C3=C=C=CC4=C3CCC[C@@H]4NCC(=O)N3CCCC3)S2)ccc1OC(C)C. The summed E-state index contributed by atoms with van der Waals surface area (Å²) < 4.78 is 6.06. The number of amides is 1. The Morgan fingerprint density at radius 3 is 2.90 bits per heavy atom. The van der Waals surface area contributed by atoms with Crippen molar-refractivity contribution in [1.82, 2.24) is 15.5 Å². The smallest absolute Gasteiger partial charge is 0.236 e. The van der Waals surface area contributed by atoms with E-state index in [1.54, 1.807) is 11.8 Å². The minimum Gasteiger partial charge on any atom is -0.491 e. The number of hydrogen-bond acceptors (Lipinski definition) is 6. The molecule has 1 aromatic rings. The van der Waals surface area contributed by atoms with E-state index in [4.69, 9.17) is 9.73 Å². The highest BCUT2D eigenvalue weighted by molar-refractivity contribution is 8.22. The van der Waals surface area contributed by atoms with Crippen molar-refractivity contribution in [2.24, 2.45) is 4.99 Å². The van der Waals surface area contributed by atoms with Gasteiger partial charge in [-0.2, -0.15) is 0 Å². The average molecular weight is 545 g/mol. The molecule has 5 rings (SSSR count). The van der Waals surface area contributed by atoms with Crippen molar-refractivity contribution in [2.75, 3.05) is 33.2 Å². The summed E-state index contributed by atoms with van der Waals surface area (Å²) in [6.07, 6.45) is 10.7. The van der Waals surface area contributed by atoms with E-state index < -0.39 is 0 Å². The van der Waals surface area contributed by atoms with Gasteiger partial charge >= 0.3 is 0 Å². The highest BCUT2D eigenvalue weighted by Crippen LogP contribution is 2.40. The summed E-state index contributed by atoms with van der Waals surface area (Å²) in [7, 11) is 1.96. The Morgan fingerprint density at radius 1 is 1.26 bits per heavy atom. The van der Waals surface area contributed by atoms with Crippen molar-refractivity contribution in [2.45, 2.75) is 71.1 Å². The molecule has 2 N–H and O–H groups in total. The van der Waals surface area contributed by atoms with E-state index in [0.717, 1.165) is 86.6 Å². The van der Waals surface area contributed by atoms with Gasteiger partial charge in [0.1, 0.15) is 10.8 Å². The van der Waals surface area contributed by atoms with Crippen LogP contribution in [0.25, 0.3) is 4.91 Å². The Bertz CT molecular complexity index is 1290. The molecule has 0 unspecified atom stereocenters. The average Bonchev–Trinajstić information content (AvgIpc) is 3.37. The number of ether oxygens (including phenoxy) is 1. The largest absolute Gasteiger partial charge is 0.491 e. The summed E-state index contributed by atoms with van der Waals surface area (Å²) in [6.45, 7) is 7.81. The van der Waals surface area contributed by atoms with E-state index in [0.29, 0.717) is 6.54 Å². The Morgan fingerprint density at radius 2 is 2.10 bits per heavy atom. The molecule has 39 heavy (non-hydrogen) atoms. The number of aliphatic imine (C=N–C) groups is 1. The molecule has 1 aromatic carbocycles. The van der Waals surface area contributed by atoms with Crippen LogP contribution in [-0.4, -0.2) is 61.2 Å². The van der Waals surface area contributed by atoms with Gasteiger partial charge in [-0.25, -0.2) is 0 Å². The van der Waals surface area contributed by atoms with Crippen LogP contribution < -0.4 is 15.4 Å². The summed E-state index contributed by atoms with van der Waals surface area (Å²) in [5.74, 6) is 1.14. The monoisotopic (exact) mass is 544 g/mol. The first-order valence-electron chi connectivity index (χ1n) is 14.4. The number of carbonyl (C=O) groups is 1. The maximum absolute atomic E-state index is 12.7. The van der Waals surface area contributed by atoms with Crippen LogP contribution in [0, 0.1) is 0 Å². The van der Waals surface area contributed by atoms with E-state index in [1.165, 1.54) is 21.6 Å². The normalized spacial score (nSPS) is 21.0. The van der Waals surface area contributed by atoms with Crippen molar-refractivity contribution in [3.05, 3.63) is 69.7 Å². The Labute approximate surface area is 237 Å². The fourth-order valence-corrected chi connectivity index (χ4v) is 6.76. The molecule has 0 saturated carbocycles. The van der Waals surface area contributed by atoms with E-state index in [9.17, 15) is 4.79 Å². The summed E-state index contributed by atoms with van der Waals surface area (Å²) in [5.41, 5.74) is 12.7. The van der Waals surface area contributed by atoms with Crippen LogP contribution in [0.4, 0.5) is 0 Å². The molecule has 0 bridgehead atoms. The van der Waals surface area contributed by atoms with E-state index >= 15 is 0 Å². The number of benzene rings is 1. The molecule has 2 aliphatic carbocycles. The van der Waals surface area contributed by atoms with Crippen molar-refractivity contribution in [1.29, 1.82) is 0 Å². The van der Waals surface area contributed by atoms with E-state index in [-0.39, 0.29) is 18.1 Å². The summed E-state index contributed by atoms with van der Waals surface area (Å²) >= 11 is 1.73. The number of rotatable bonds is 9. The number of likely N-dealkylation sites (tertiary alicyclic amines) is 1. The molecule has 7 heteroatoms. The van der Waals surface area contributed by atoms with Crippen LogP contribution in [0.15, 0.2) is 63.5 Å². The third-order valence-electron chi connectivity index (χ3n) is 7.54. The van der Waals surface area contributed by atoms with Crippen LogP contribution in [0.3, 0.4) is 0 Å². The Kier molecular flexibility index (Phi) is 9.28. The van der Waals surface area contributed by atoms with Gasteiger partial charge in [-0.1, -0.05) is 35.4 Å². The van der Waals surface area contributed by atoms with Crippen LogP contribution in [0.2, 0.25) is 0 Å². The molecule has 4 aliphatic rings. The standard InChI is InChI=1S/C32H40N4O2S/c1-22(2)38-29-15-14-23(19-24(29)20-33-3)30-13-8-16-34-32(39-30)27-11-6-10-26-25(27)9-7-12-28(26)35-21-31(37)36-17-4-5-18-36/h10,13-15,19,22,28,33,35H,4-5,7-9,12,16-18,20-21H2,1-3H3/t28-/m0/s1. The van der Waals surface area contributed by atoms with Crippen molar-refractivity contribution < 1.29 is 9.53 Å². The molecule has 1 amide bonds. The lowest BCUT2D eigenvalue weighted by Crippen LogP contribution is -2.42. The minimum atomic E-state index is 0.129. The molecular formula is C32H40N4O2S. The molecule has 206 valence electrons. The van der Waals surface area contributed by atoms with Gasteiger partial charge < -0.3 is 20.3 Å². The quantitative estimate of drug-likeness (QED) is 0.409. The first-order valence-corrected chi connectivity index (χ1v) is 15.2. The topological polar surface area (TPSA) is 66.0 Å². The highest BCUT2D eigenvalue weighted by atomic mass is 32.2. The molecule has 1 fully saturated rings. The van der Waals surface area contributed by atoms with Crippen LogP contribution >= 0.6 is 11.8 Å². The van der Waals surface area contributed by atoms with Crippen LogP contribution in [0.1, 0.15) is 63.5 Å². The predicted molar refractivity (Wildman–Crippen MR) is 161 cm³/mol. The Balaban J connectivity index is 1.34. The number of carbonyl (C=O) groups excluding carboxylic acids is 1. The van der Waals surface area contributed by atoms with Crippen LogP contribution in [0.5, 0.6) is 5.75 Å². The lowest BCUT2D eigenvalue weighted by Gasteiger charge is -2.30. The number of nitrogens with zero attached hydrogens (tertiary/aromatic N) is 2. The first-order chi connectivity index (χ1) is 19.0. The maximum Gasteiger partial charge on any atom is 0.236 e. The zero-order valence-electron chi connectivity index (χ0n) is 23.4. The summed E-state index contributed by atoms with van der Waals surface area (Å²) in [5, 5.41) is 7.86. The van der Waals surface area contributed by atoms with E-state index in [1.807, 2.05) is 11.9 Å². The van der Waals surface area contributed by atoms with Gasteiger partial charge in [-0.15, -0.1) is 0 Å². The molecule has 0 spiro atoms. The lowest BCUT2D eigenvalue weighted by atomic mass is 9.83. The van der Waals surface area contributed by atoms with Gasteiger partial charge in [0.2, 0.25) is 5.91 Å². The molecule has 1 atom stereocenters. The fraction of sp³-hybridized carbons (Fsp3) is 0.500. The fourth-order valence-electron chi connectivity index (χ4n) is 5.67.